The van der Waals surface area contributed by atoms with E-state index in [-0.39, 0.29) is 17.9 Å². The number of thiophene rings is 1. The van der Waals surface area contributed by atoms with Gasteiger partial charge in [0.2, 0.25) is 5.91 Å². The second-order valence-corrected chi connectivity index (χ2v) is 9.48. The number of nitrogens with one attached hydrogen (secondary N) is 1. The van der Waals surface area contributed by atoms with Gasteiger partial charge in [0.1, 0.15) is 0 Å². The topological polar surface area (TPSA) is 52.7 Å². The molecular formula is C24H31N3O2S. The Bertz CT molecular complexity index is 876. The van der Waals surface area contributed by atoms with E-state index in [0.29, 0.717) is 18.2 Å². The number of likely N-dealkylation sites (N-methyl/N-ethyl adjacent to an activating group) is 2. The van der Waals surface area contributed by atoms with Crippen LogP contribution in [-0.4, -0.2) is 54.8 Å². The van der Waals surface area contributed by atoms with Crippen LogP contribution in [0.5, 0.6) is 0 Å². The molecule has 1 aliphatic heterocycles. The van der Waals surface area contributed by atoms with Gasteiger partial charge < -0.3 is 15.1 Å². The molecule has 1 fully saturated rings. The van der Waals surface area contributed by atoms with Crippen molar-refractivity contribution in [1.29, 1.82) is 0 Å². The van der Waals surface area contributed by atoms with Crippen LogP contribution in [0.3, 0.4) is 0 Å². The van der Waals surface area contributed by atoms with Crippen LogP contribution < -0.4 is 5.32 Å². The summed E-state index contributed by atoms with van der Waals surface area (Å²) in [5.74, 6) is -0.426. The number of nitrogens with zero attached hydrogens (tertiary/aromatic N) is 2. The van der Waals surface area contributed by atoms with Crippen molar-refractivity contribution in [1.82, 2.24) is 15.1 Å². The van der Waals surface area contributed by atoms with Gasteiger partial charge in [-0.2, -0.15) is 0 Å². The van der Waals surface area contributed by atoms with E-state index in [1.165, 1.54) is 32.1 Å². The fourth-order valence-electron chi connectivity index (χ4n) is 4.94. The smallest absolute Gasteiger partial charge is 0.254 e. The first-order valence-corrected chi connectivity index (χ1v) is 11.8. The van der Waals surface area contributed by atoms with Crippen LogP contribution >= 0.6 is 11.3 Å². The van der Waals surface area contributed by atoms with E-state index in [1.807, 2.05) is 41.8 Å². The molecule has 0 unspecified atom stereocenters. The lowest BCUT2D eigenvalue weighted by Crippen LogP contribution is -2.47. The van der Waals surface area contributed by atoms with Crippen molar-refractivity contribution in [3.8, 4) is 0 Å². The monoisotopic (exact) mass is 425 g/mol. The highest BCUT2D eigenvalue weighted by atomic mass is 32.1. The van der Waals surface area contributed by atoms with Gasteiger partial charge in [-0.25, -0.2) is 0 Å². The maximum Gasteiger partial charge on any atom is 0.254 e. The third-order valence-electron chi connectivity index (χ3n) is 6.66. The van der Waals surface area contributed by atoms with E-state index >= 15 is 0 Å². The largest absolute Gasteiger partial charge is 0.354 e. The number of carbonyl (C=O) groups is 2. The van der Waals surface area contributed by atoms with Crippen LogP contribution in [0.25, 0.3) is 0 Å². The molecule has 1 aliphatic carbocycles. The molecule has 0 bridgehead atoms. The van der Waals surface area contributed by atoms with Crippen molar-refractivity contribution in [2.45, 2.75) is 50.1 Å². The van der Waals surface area contributed by atoms with Gasteiger partial charge in [0.05, 0.1) is 12.0 Å². The van der Waals surface area contributed by atoms with Crippen LogP contribution in [-0.2, 0) is 4.79 Å². The fraction of sp³-hybridized carbons (Fsp3) is 0.500. The van der Waals surface area contributed by atoms with Crippen LogP contribution in [0.4, 0.5) is 0 Å². The molecule has 2 atom stereocenters. The summed E-state index contributed by atoms with van der Waals surface area (Å²) >= 11 is 1.60. The molecule has 5 nitrogen and oxygen atoms in total. The predicted octanol–water partition coefficient (Wildman–Crippen LogP) is 4.04. The Hall–Kier alpha value is -2.18. The van der Waals surface area contributed by atoms with Gasteiger partial charge in [0.25, 0.3) is 5.91 Å². The van der Waals surface area contributed by atoms with Crippen molar-refractivity contribution in [3.63, 3.8) is 0 Å². The molecule has 1 aromatic carbocycles. The number of fused-ring (bicyclic) bond motifs is 1. The van der Waals surface area contributed by atoms with Gasteiger partial charge >= 0.3 is 0 Å². The second-order valence-electron chi connectivity index (χ2n) is 8.50. The summed E-state index contributed by atoms with van der Waals surface area (Å²) in [7, 11) is 3.97. The highest BCUT2D eigenvalue weighted by molar-refractivity contribution is 7.10. The normalized spacial score (nSPS) is 22.2. The van der Waals surface area contributed by atoms with Gasteiger partial charge in [0.15, 0.2) is 0 Å². The first-order valence-electron chi connectivity index (χ1n) is 11.0. The molecule has 1 saturated carbocycles. The average Bonchev–Trinajstić information content (AvgIpc) is 3.31. The quantitative estimate of drug-likeness (QED) is 0.760. The minimum Gasteiger partial charge on any atom is -0.354 e. The number of hydrogen-bond acceptors (Lipinski definition) is 4. The van der Waals surface area contributed by atoms with Crippen LogP contribution in [0.2, 0.25) is 0 Å². The summed E-state index contributed by atoms with van der Waals surface area (Å²) in [4.78, 5) is 31.5. The van der Waals surface area contributed by atoms with Gasteiger partial charge in [-0.05, 0) is 43.0 Å². The fourth-order valence-corrected chi connectivity index (χ4v) is 5.85. The summed E-state index contributed by atoms with van der Waals surface area (Å²) < 4.78 is 0. The SMILES string of the molecule is CN(CCNC(=O)[C@@H]1c2ccccc2C(=O)N(C)[C@@H]1c1cccs1)C1CCCCC1. The van der Waals surface area contributed by atoms with Crippen LogP contribution in [0.15, 0.2) is 41.8 Å². The minimum atomic E-state index is -0.400. The number of benzene rings is 1. The molecule has 160 valence electrons. The lowest BCUT2D eigenvalue weighted by Gasteiger charge is -2.39. The first-order chi connectivity index (χ1) is 14.6. The summed E-state index contributed by atoms with van der Waals surface area (Å²) in [6, 6.07) is 11.9. The van der Waals surface area contributed by atoms with Crippen molar-refractivity contribution in [3.05, 3.63) is 57.8 Å². The molecular weight excluding hydrogens is 394 g/mol. The molecule has 4 rings (SSSR count). The van der Waals surface area contributed by atoms with Gasteiger partial charge in [-0.3, -0.25) is 9.59 Å². The van der Waals surface area contributed by atoms with Gasteiger partial charge in [-0.15, -0.1) is 11.3 Å². The molecule has 6 heteroatoms. The summed E-state index contributed by atoms with van der Waals surface area (Å²) in [6.45, 7) is 1.47. The predicted molar refractivity (Wildman–Crippen MR) is 121 cm³/mol. The Morgan fingerprint density at radius 1 is 1.17 bits per heavy atom. The molecule has 2 aromatic rings. The first kappa shape index (κ1) is 21.1. The zero-order valence-corrected chi connectivity index (χ0v) is 18.7. The third kappa shape index (κ3) is 4.16. The Labute approximate surface area is 183 Å². The Morgan fingerprint density at radius 3 is 2.67 bits per heavy atom. The molecule has 1 aromatic heterocycles. The lowest BCUT2D eigenvalue weighted by molar-refractivity contribution is -0.124. The van der Waals surface area contributed by atoms with Crippen LogP contribution in [0, 0.1) is 0 Å². The Balaban J connectivity index is 1.51. The standard InChI is InChI=1S/C24H31N3O2S/c1-26(17-9-4-3-5-10-17)15-14-25-23(28)21-18-11-6-7-12-19(18)24(29)27(2)22(21)20-13-8-16-30-20/h6-8,11-13,16-17,21-22H,3-5,9-10,14-15H2,1-2H3,(H,25,28)/t21-,22-/m1/s1. The second kappa shape index (κ2) is 9.31. The number of amides is 2. The molecule has 2 aliphatic rings. The molecule has 2 heterocycles. The Kier molecular flexibility index (Phi) is 6.54. The van der Waals surface area contributed by atoms with Crippen molar-refractivity contribution < 1.29 is 9.59 Å². The van der Waals surface area contributed by atoms with E-state index in [9.17, 15) is 9.59 Å². The highest BCUT2D eigenvalue weighted by Crippen LogP contribution is 2.43. The molecule has 0 spiro atoms. The zero-order valence-electron chi connectivity index (χ0n) is 17.8. The molecule has 2 amide bonds. The summed E-state index contributed by atoms with van der Waals surface area (Å²) in [6.07, 6.45) is 6.48. The maximum absolute atomic E-state index is 13.4. The number of carbonyl (C=O) groups excluding carboxylic acids is 2. The van der Waals surface area contributed by atoms with Gasteiger partial charge in [-0.1, -0.05) is 43.5 Å². The van der Waals surface area contributed by atoms with Gasteiger partial charge in [0, 0.05) is 36.6 Å². The van der Waals surface area contributed by atoms with E-state index in [1.54, 1.807) is 23.3 Å². The summed E-state index contributed by atoms with van der Waals surface area (Å²) in [5.41, 5.74) is 1.46. The Morgan fingerprint density at radius 2 is 1.93 bits per heavy atom. The average molecular weight is 426 g/mol. The molecule has 0 saturated heterocycles. The van der Waals surface area contributed by atoms with Crippen molar-refractivity contribution in [2.75, 3.05) is 27.2 Å². The number of rotatable bonds is 6. The van der Waals surface area contributed by atoms with E-state index in [0.717, 1.165) is 17.0 Å². The van der Waals surface area contributed by atoms with Crippen molar-refractivity contribution in [2.24, 2.45) is 0 Å². The molecule has 30 heavy (non-hydrogen) atoms. The highest BCUT2D eigenvalue weighted by Gasteiger charge is 2.42. The van der Waals surface area contributed by atoms with Crippen LogP contribution in [0.1, 0.15) is 64.9 Å². The number of hydrogen-bond donors (Lipinski definition) is 1. The third-order valence-corrected chi connectivity index (χ3v) is 7.60. The molecule has 1 N–H and O–H groups in total. The zero-order chi connectivity index (χ0) is 21.1. The van der Waals surface area contributed by atoms with E-state index < -0.39 is 5.92 Å². The lowest BCUT2D eigenvalue weighted by atomic mass is 9.82. The van der Waals surface area contributed by atoms with E-state index in [4.69, 9.17) is 0 Å². The van der Waals surface area contributed by atoms with Crippen molar-refractivity contribution >= 4 is 23.2 Å². The summed E-state index contributed by atoms with van der Waals surface area (Å²) in [5, 5.41) is 5.18. The van der Waals surface area contributed by atoms with E-state index in [2.05, 4.69) is 17.3 Å². The minimum absolute atomic E-state index is 0.00255. The molecule has 0 radical (unpaired) electrons. The maximum atomic E-state index is 13.4.